The number of benzene rings is 2. The zero-order chi connectivity index (χ0) is 23.1. The summed E-state index contributed by atoms with van der Waals surface area (Å²) in [6.07, 6.45) is 0. The number of carbonyl (C=O) groups is 2. The second-order valence-corrected chi connectivity index (χ2v) is 9.42. The van der Waals surface area contributed by atoms with Crippen molar-refractivity contribution < 1.29 is 27.2 Å². The number of rotatable bonds is 10. The van der Waals surface area contributed by atoms with E-state index in [4.69, 9.17) is 9.15 Å². The van der Waals surface area contributed by atoms with E-state index in [-0.39, 0.29) is 10.6 Å². The average Bonchev–Trinajstić information content (AvgIpc) is 3.20. The summed E-state index contributed by atoms with van der Waals surface area (Å²) in [6, 6.07) is 13.1. The van der Waals surface area contributed by atoms with Crippen LogP contribution in [0.2, 0.25) is 0 Å². The second kappa shape index (κ2) is 10.6. The Morgan fingerprint density at radius 1 is 1.09 bits per heavy atom. The van der Waals surface area contributed by atoms with Gasteiger partial charge in [-0.2, -0.15) is 4.31 Å². The van der Waals surface area contributed by atoms with Crippen molar-refractivity contribution in [2.75, 3.05) is 30.8 Å². The fourth-order valence-electron chi connectivity index (χ4n) is 2.84. The highest BCUT2D eigenvalue weighted by Gasteiger charge is 2.21. The van der Waals surface area contributed by atoms with Gasteiger partial charge in [-0.25, -0.2) is 13.4 Å². The number of anilines is 1. The third kappa shape index (κ3) is 5.87. The SMILES string of the molecule is CCN(CC)S(=O)(=O)c1ccc(NC(=O)COC(=O)CSc2nc3ccccc3o2)cc1. The number of hydrogen-bond donors (Lipinski definition) is 1. The lowest BCUT2D eigenvalue weighted by Crippen LogP contribution is -2.30. The van der Waals surface area contributed by atoms with Gasteiger partial charge < -0.3 is 14.5 Å². The number of fused-ring (bicyclic) bond motifs is 1. The molecule has 0 aliphatic rings. The minimum Gasteiger partial charge on any atom is -0.455 e. The summed E-state index contributed by atoms with van der Waals surface area (Å²) in [4.78, 5) is 28.3. The topological polar surface area (TPSA) is 119 Å². The van der Waals surface area contributed by atoms with Gasteiger partial charge >= 0.3 is 5.97 Å². The Bertz CT molecular complexity index is 1150. The molecule has 0 spiro atoms. The Balaban J connectivity index is 1.46. The summed E-state index contributed by atoms with van der Waals surface area (Å²) >= 11 is 1.07. The molecule has 0 unspecified atom stereocenters. The first-order chi connectivity index (χ1) is 15.3. The van der Waals surface area contributed by atoms with Gasteiger partial charge in [0.05, 0.1) is 4.90 Å². The normalized spacial score (nSPS) is 11.6. The molecule has 1 aromatic heterocycles. The molecule has 1 heterocycles. The summed E-state index contributed by atoms with van der Waals surface area (Å²) in [7, 11) is -3.57. The van der Waals surface area contributed by atoms with Gasteiger partial charge in [-0.15, -0.1) is 0 Å². The smallest absolute Gasteiger partial charge is 0.316 e. The Morgan fingerprint density at radius 3 is 2.44 bits per heavy atom. The quantitative estimate of drug-likeness (QED) is 0.349. The van der Waals surface area contributed by atoms with Gasteiger partial charge in [-0.05, 0) is 36.4 Å². The van der Waals surface area contributed by atoms with Gasteiger partial charge in [0.25, 0.3) is 11.1 Å². The van der Waals surface area contributed by atoms with Crippen LogP contribution in [-0.4, -0.2) is 55.0 Å². The third-order valence-electron chi connectivity index (χ3n) is 4.43. The zero-order valence-electron chi connectivity index (χ0n) is 17.6. The summed E-state index contributed by atoms with van der Waals surface area (Å²) in [5.74, 6) is -1.18. The van der Waals surface area contributed by atoms with E-state index in [1.165, 1.54) is 28.6 Å². The molecule has 0 fully saturated rings. The molecule has 0 atom stereocenters. The Morgan fingerprint density at radius 2 is 1.78 bits per heavy atom. The number of sulfonamides is 1. The van der Waals surface area contributed by atoms with Crippen molar-refractivity contribution >= 4 is 50.4 Å². The molecule has 0 saturated heterocycles. The molecule has 11 heteroatoms. The van der Waals surface area contributed by atoms with E-state index in [9.17, 15) is 18.0 Å². The van der Waals surface area contributed by atoms with E-state index in [0.29, 0.717) is 35.1 Å². The Hall–Kier alpha value is -2.89. The maximum atomic E-state index is 12.5. The van der Waals surface area contributed by atoms with Crippen LogP contribution in [0, 0.1) is 0 Å². The van der Waals surface area contributed by atoms with Crippen LogP contribution in [0.25, 0.3) is 11.1 Å². The molecule has 0 bridgehead atoms. The number of nitrogens with one attached hydrogen (secondary N) is 1. The number of carbonyl (C=O) groups excluding carboxylic acids is 2. The molecule has 170 valence electrons. The zero-order valence-corrected chi connectivity index (χ0v) is 19.2. The highest BCUT2D eigenvalue weighted by molar-refractivity contribution is 7.99. The van der Waals surface area contributed by atoms with Crippen LogP contribution in [0.3, 0.4) is 0 Å². The molecule has 0 saturated carbocycles. The molecule has 1 amide bonds. The number of aromatic nitrogens is 1. The molecule has 0 aliphatic heterocycles. The van der Waals surface area contributed by atoms with Gasteiger partial charge in [0.2, 0.25) is 10.0 Å². The van der Waals surface area contributed by atoms with Crippen molar-refractivity contribution in [3.05, 3.63) is 48.5 Å². The highest BCUT2D eigenvalue weighted by atomic mass is 32.2. The van der Waals surface area contributed by atoms with E-state index in [2.05, 4.69) is 10.3 Å². The number of oxazole rings is 1. The summed E-state index contributed by atoms with van der Waals surface area (Å²) < 4.78 is 36.8. The highest BCUT2D eigenvalue weighted by Crippen LogP contribution is 2.23. The minimum atomic E-state index is -3.57. The number of esters is 1. The molecule has 1 N–H and O–H groups in total. The van der Waals surface area contributed by atoms with Crippen molar-refractivity contribution in [2.45, 2.75) is 24.0 Å². The van der Waals surface area contributed by atoms with Crippen molar-refractivity contribution in [3.63, 3.8) is 0 Å². The Labute approximate surface area is 190 Å². The van der Waals surface area contributed by atoms with Crippen molar-refractivity contribution in [3.8, 4) is 0 Å². The van der Waals surface area contributed by atoms with Crippen molar-refractivity contribution in [1.82, 2.24) is 9.29 Å². The van der Waals surface area contributed by atoms with Crippen LogP contribution in [0.4, 0.5) is 5.69 Å². The number of thioether (sulfide) groups is 1. The van der Waals surface area contributed by atoms with E-state index >= 15 is 0 Å². The first kappa shape index (κ1) is 23.8. The largest absolute Gasteiger partial charge is 0.455 e. The predicted octanol–water partition coefficient (Wildman–Crippen LogP) is 3.13. The maximum Gasteiger partial charge on any atom is 0.316 e. The van der Waals surface area contributed by atoms with Crippen LogP contribution in [-0.2, 0) is 24.3 Å². The monoisotopic (exact) mass is 477 g/mol. The summed E-state index contributed by atoms with van der Waals surface area (Å²) in [6.45, 7) is 3.80. The third-order valence-corrected chi connectivity index (χ3v) is 7.30. The summed E-state index contributed by atoms with van der Waals surface area (Å²) in [5, 5.41) is 2.90. The molecule has 3 rings (SSSR count). The number of nitrogens with zero attached hydrogens (tertiary/aromatic N) is 2. The van der Waals surface area contributed by atoms with Gasteiger partial charge in [0, 0.05) is 18.8 Å². The number of hydrogen-bond acceptors (Lipinski definition) is 8. The molecule has 0 radical (unpaired) electrons. The van der Waals surface area contributed by atoms with Gasteiger partial charge in [0.15, 0.2) is 12.2 Å². The van der Waals surface area contributed by atoms with Crippen LogP contribution < -0.4 is 5.32 Å². The van der Waals surface area contributed by atoms with Crippen LogP contribution in [0.5, 0.6) is 0 Å². The number of amides is 1. The van der Waals surface area contributed by atoms with E-state index in [1.54, 1.807) is 26.0 Å². The first-order valence-corrected chi connectivity index (χ1v) is 12.3. The molecule has 9 nitrogen and oxygen atoms in total. The average molecular weight is 478 g/mol. The standard InChI is InChI=1S/C21H23N3O6S2/c1-3-24(4-2)32(27,28)16-11-9-15(10-12-16)22-19(25)13-29-20(26)14-31-21-23-17-7-5-6-8-18(17)30-21/h5-12H,3-4,13-14H2,1-2H3,(H,22,25). The lowest BCUT2D eigenvalue weighted by Gasteiger charge is -2.18. The van der Waals surface area contributed by atoms with Crippen LogP contribution in [0.1, 0.15) is 13.8 Å². The Kier molecular flexibility index (Phi) is 7.89. The van der Waals surface area contributed by atoms with Crippen molar-refractivity contribution in [2.24, 2.45) is 0 Å². The number of ether oxygens (including phenoxy) is 1. The molecular formula is C21H23N3O6S2. The predicted molar refractivity (Wildman–Crippen MR) is 121 cm³/mol. The fraction of sp³-hybridized carbons (Fsp3) is 0.286. The molecule has 3 aromatic rings. The van der Waals surface area contributed by atoms with E-state index in [1.807, 2.05) is 12.1 Å². The second-order valence-electron chi connectivity index (χ2n) is 6.56. The first-order valence-electron chi connectivity index (χ1n) is 9.87. The minimum absolute atomic E-state index is 0.0575. The summed E-state index contributed by atoms with van der Waals surface area (Å²) in [5.41, 5.74) is 1.71. The van der Waals surface area contributed by atoms with Gasteiger partial charge in [-0.1, -0.05) is 37.7 Å². The molecule has 0 aliphatic carbocycles. The van der Waals surface area contributed by atoms with Gasteiger partial charge in [0.1, 0.15) is 11.3 Å². The van der Waals surface area contributed by atoms with E-state index < -0.39 is 28.5 Å². The molecule has 2 aromatic carbocycles. The van der Waals surface area contributed by atoms with Gasteiger partial charge in [-0.3, -0.25) is 9.59 Å². The molecule has 32 heavy (non-hydrogen) atoms. The molecular weight excluding hydrogens is 454 g/mol. The lowest BCUT2D eigenvalue weighted by molar-refractivity contribution is -0.144. The number of para-hydroxylation sites is 2. The van der Waals surface area contributed by atoms with E-state index in [0.717, 1.165) is 11.8 Å². The maximum absolute atomic E-state index is 12.5. The lowest BCUT2D eigenvalue weighted by atomic mass is 10.3. The fourth-order valence-corrected chi connectivity index (χ4v) is 4.94. The van der Waals surface area contributed by atoms with Crippen LogP contribution in [0.15, 0.2) is 63.1 Å². The van der Waals surface area contributed by atoms with Crippen LogP contribution >= 0.6 is 11.8 Å². The van der Waals surface area contributed by atoms with Crippen molar-refractivity contribution in [1.29, 1.82) is 0 Å².